The van der Waals surface area contributed by atoms with Crippen molar-refractivity contribution in [3.8, 4) is 0 Å². The average molecular weight is 157 g/mol. The zero-order chi connectivity index (χ0) is 8.81. The van der Waals surface area contributed by atoms with Crippen molar-refractivity contribution >= 4 is 18.6 Å². The molecule has 12 heavy (non-hydrogen) atoms. The average Bonchev–Trinajstić information content (AvgIpc) is 2.21. The maximum atomic E-state index is 4.01. The van der Waals surface area contributed by atoms with Gasteiger partial charge in [0, 0.05) is 12.4 Å². The van der Waals surface area contributed by atoms with Crippen molar-refractivity contribution in [2.45, 2.75) is 6.82 Å². The molecule has 0 N–H and O–H groups in total. The van der Waals surface area contributed by atoms with E-state index in [4.69, 9.17) is 0 Å². The summed E-state index contributed by atoms with van der Waals surface area (Å²) in [6, 6.07) is 10.2. The van der Waals surface area contributed by atoms with Gasteiger partial charge in [-0.25, -0.2) is 0 Å². The van der Waals surface area contributed by atoms with Crippen LogP contribution in [0.1, 0.15) is 0 Å². The van der Waals surface area contributed by atoms with Crippen LogP contribution in [-0.4, -0.2) is 12.8 Å². The molecular weight excluding hydrogens is 145 g/mol. The van der Waals surface area contributed by atoms with Crippen LogP contribution in [0.2, 0.25) is 6.82 Å². The third-order valence-corrected chi connectivity index (χ3v) is 1.55. The third-order valence-electron chi connectivity index (χ3n) is 1.55. The highest BCUT2D eigenvalue weighted by Gasteiger charge is 1.86. The van der Waals surface area contributed by atoms with Gasteiger partial charge in [-0.05, 0) is 16.8 Å². The van der Waals surface area contributed by atoms with Crippen LogP contribution in [0.25, 0.3) is 10.8 Å². The lowest BCUT2D eigenvalue weighted by atomic mass is 10.2. The lowest BCUT2D eigenvalue weighted by Gasteiger charge is -1.91. The van der Waals surface area contributed by atoms with Gasteiger partial charge in [-0.15, -0.1) is 0 Å². The Morgan fingerprint density at radius 2 is 1.67 bits per heavy atom. The van der Waals surface area contributed by atoms with Gasteiger partial charge >= 0.3 is 0 Å². The number of fused-ring (bicyclic) bond motifs is 1. The molecular formula is C10H12BN. The molecule has 0 unspecified atom stereocenters. The molecule has 0 bridgehead atoms. The van der Waals surface area contributed by atoms with Crippen molar-refractivity contribution < 1.29 is 0 Å². The maximum Gasteiger partial charge on any atom is 0.0973 e. The Morgan fingerprint density at radius 1 is 1.00 bits per heavy atom. The fourth-order valence-electron chi connectivity index (χ4n) is 1.03. The molecule has 2 heteroatoms. The van der Waals surface area contributed by atoms with E-state index in [0.717, 1.165) is 0 Å². The summed E-state index contributed by atoms with van der Waals surface area (Å²) in [5, 5.41) is 2.45. The minimum Gasteiger partial charge on any atom is -0.264 e. The van der Waals surface area contributed by atoms with Gasteiger partial charge in [0.2, 0.25) is 0 Å². The Kier molecular flexibility index (Phi) is 3.33. The highest BCUT2D eigenvalue weighted by Crippen LogP contribution is 2.09. The van der Waals surface area contributed by atoms with E-state index in [0.29, 0.717) is 0 Å². The minimum atomic E-state index is 1.20. The van der Waals surface area contributed by atoms with Gasteiger partial charge in [-0.1, -0.05) is 31.1 Å². The van der Waals surface area contributed by atoms with E-state index < -0.39 is 0 Å². The van der Waals surface area contributed by atoms with Crippen molar-refractivity contribution in [2.75, 3.05) is 0 Å². The highest BCUT2D eigenvalue weighted by atomic mass is 14.6. The molecule has 0 radical (unpaired) electrons. The Hall–Kier alpha value is -1.31. The van der Waals surface area contributed by atoms with E-state index in [1.165, 1.54) is 10.8 Å². The first kappa shape index (κ1) is 8.79. The smallest absolute Gasteiger partial charge is 0.0973 e. The molecule has 0 saturated heterocycles. The second kappa shape index (κ2) is 4.55. The van der Waals surface area contributed by atoms with Gasteiger partial charge in [-0.3, -0.25) is 4.98 Å². The van der Waals surface area contributed by atoms with Crippen LogP contribution in [0.5, 0.6) is 0 Å². The number of benzene rings is 1. The summed E-state index contributed by atoms with van der Waals surface area (Å²) in [5.74, 6) is 0. The fraction of sp³-hybridized carbons (Fsp3) is 0.100. The summed E-state index contributed by atoms with van der Waals surface area (Å²) in [6.07, 6.45) is 3.68. The Morgan fingerprint density at radius 3 is 2.33 bits per heavy atom. The van der Waals surface area contributed by atoms with Crippen molar-refractivity contribution in [3.63, 3.8) is 0 Å². The quantitative estimate of drug-likeness (QED) is 0.532. The van der Waals surface area contributed by atoms with Crippen molar-refractivity contribution in [1.29, 1.82) is 0 Å². The number of hydrogen-bond donors (Lipinski definition) is 0. The van der Waals surface area contributed by atoms with Gasteiger partial charge in [-0.2, -0.15) is 0 Å². The molecule has 0 atom stereocenters. The van der Waals surface area contributed by atoms with Crippen molar-refractivity contribution in [3.05, 3.63) is 42.7 Å². The SMILES string of the molecule is BC.c1ccc2cnccc2c1. The molecule has 0 aliphatic heterocycles. The van der Waals surface area contributed by atoms with Crippen LogP contribution in [0, 0.1) is 0 Å². The molecule has 0 saturated carbocycles. The van der Waals surface area contributed by atoms with Crippen molar-refractivity contribution in [1.82, 2.24) is 4.98 Å². The van der Waals surface area contributed by atoms with E-state index >= 15 is 0 Å². The first-order chi connectivity index (χ1) is 5.97. The molecule has 0 spiro atoms. The number of nitrogens with zero attached hydrogens (tertiary/aromatic N) is 1. The molecule has 0 fully saturated rings. The standard InChI is InChI=1S/C9H7N.CH5B/c1-2-4-9-7-10-6-5-8(9)3-1;1-2/h1-7H;2H2,1H3. The number of pyridine rings is 1. The second-order valence-corrected chi connectivity index (χ2v) is 2.22. The normalized spacial score (nSPS) is 8.75. The molecule has 1 aromatic carbocycles. The van der Waals surface area contributed by atoms with Gasteiger partial charge < -0.3 is 0 Å². The lowest BCUT2D eigenvalue weighted by molar-refractivity contribution is 1.36. The molecule has 0 amide bonds. The first-order valence-corrected chi connectivity index (χ1v) is 4.25. The molecule has 2 rings (SSSR count). The van der Waals surface area contributed by atoms with E-state index in [1.54, 1.807) is 0 Å². The predicted octanol–water partition coefficient (Wildman–Crippen LogP) is 1.90. The van der Waals surface area contributed by atoms with E-state index in [-0.39, 0.29) is 0 Å². The van der Waals surface area contributed by atoms with E-state index in [2.05, 4.69) is 17.1 Å². The topological polar surface area (TPSA) is 12.9 Å². The van der Waals surface area contributed by atoms with Crippen LogP contribution in [0.15, 0.2) is 42.7 Å². The summed E-state index contributed by atoms with van der Waals surface area (Å²) >= 11 is 0. The Bertz CT molecular complexity index is 281. The minimum absolute atomic E-state index is 1.20. The molecule has 0 aliphatic rings. The van der Waals surface area contributed by atoms with Gasteiger partial charge in [0.05, 0.1) is 7.85 Å². The molecule has 2 aromatic rings. The maximum absolute atomic E-state index is 4.01. The zero-order valence-electron chi connectivity index (χ0n) is 7.49. The van der Waals surface area contributed by atoms with Crippen LogP contribution < -0.4 is 0 Å². The monoisotopic (exact) mass is 157 g/mol. The lowest BCUT2D eigenvalue weighted by Crippen LogP contribution is -1.71. The molecule has 1 heterocycles. The summed E-state index contributed by atoms with van der Waals surface area (Å²) in [6.45, 7) is 2.00. The van der Waals surface area contributed by atoms with Gasteiger partial charge in [0.1, 0.15) is 0 Å². The van der Waals surface area contributed by atoms with Gasteiger partial charge in [0.15, 0.2) is 0 Å². The van der Waals surface area contributed by atoms with E-state index in [1.807, 2.05) is 45.3 Å². The fourth-order valence-corrected chi connectivity index (χ4v) is 1.03. The van der Waals surface area contributed by atoms with Gasteiger partial charge in [0.25, 0.3) is 0 Å². The first-order valence-electron chi connectivity index (χ1n) is 4.25. The van der Waals surface area contributed by atoms with Crippen LogP contribution >= 0.6 is 0 Å². The summed E-state index contributed by atoms with van der Waals surface area (Å²) in [7, 11) is 2.00. The van der Waals surface area contributed by atoms with Crippen LogP contribution in [0.4, 0.5) is 0 Å². The summed E-state index contributed by atoms with van der Waals surface area (Å²) < 4.78 is 0. The van der Waals surface area contributed by atoms with Crippen molar-refractivity contribution in [2.24, 2.45) is 0 Å². The largest absolute Gasteiger partial charge is 0.264 e. The number of hydrogen-bond acceptors (Lipinski definition) is 1. The predicted molar refractivity (Wildman–Crippen MR) is 56.2 cm³/mol. The molecule has 0 aliphatic carbocycles. The zero-order valence-corrected chi connectivity index (χ0v) is 7.49. The Balaban J connectivity index is 0.000000336. The Labute approximate surface area is 73.9 Å². The molecule has 1 aromatic heterocycles. The molecule has 60 valence electrons. The second-order valence-electron chi connectivity index (χ2n) is 2.22. The summed E-state index contributed by atoms with van der Waals surface area (Å²) in [4.78, 5) is 4.01. The number of aromatic nitrogens is 1. The number of rotatable bonds is 0. The van der Waals surface area contributed by atoms with E-state index in [9.17, 15) is 0 Å². The molecule has 1 nitrogen and oxygen atoms in total. The summed E-state index contributed by atoms with van der Waals surface area (Å²) in [5.41, 5.74) is 0. The van der Waals surface area contributed by atoms with Crippen LogP contribution in [0.3, 0.4) is 0 Å². The van der Waals surface area contributed by atoms with Crippen LogP contribution in [-0.2, 0) is 0 Å². The highest BCUT2D eigenvalue weighted by molar-refractivity contribution is 6.05. The third kappa shape index (κ3) is 1.85.